The number of amides is 3. The molecule has 0 bridgehead atoms. The molecule has 4 rings (SSSR count). The molecule has 0 spiro atoms. The van der Waals surface area contributed by atoms with Crippen LogP contribution in [0, 0.1) is 0 Å². The number of aromatic nitrogens is 2. The fraction of sp³-hybridized carbons (Fsp3) is 0.476. The lowest BCUT2D eigenvalue weighted by atomic mass is 10.0. The molecule has 3 N–H and O–H groups in total. The Morgan fingerprint density at radius 3 is 2.54 bits per heavy atom. The number of carbonyl (C=O) groups excluding carboxylic acids is 3. The summed E-state index contributed by atoms with van der Waals surface area (Å²) >= 11 is 6.86. The molecule has 3 amide bonds. The first-order valence-electron chi connectivity index (χ1n) is 11.5. The van der Waals surface area contributed by atoms with Gasteiger partial charge in [0.2, 0.25) is 0 Å². The van der Waals surface area contributed by atoms with Gasteiger partial charge in [0.1, 0.15) is 5.82 Å². The molecule has 2 atom stereocenters. The van der Waals surface area contributed by atoms with Crippen LogP contribution in [0.3, 0.4) is 0 Å². The summed E-state index contributed by atoms with van der Waals surface area (Å²) in [7, 11) is -3.79. The van der Waals surface area contributed by atoms with Gasteiger partial charge in [-0.15, -0.1) is 11.3 Å². The molecule has 0 radical (unpaired) electrons. The number of sulfonamides is 1. The van der Waals surface area contributed by atoms with Crippen molar-refractivity contribution in [3.63, 3.8) is 0 Å². The van der Waals surface area contributed by atoms with Crippen LogP contribution in [0.15, 0.2) is 18.3 Å². The average molecular weight is 610 g/mol. The second kappa shape index (κ2) is 11.3. The van der Waals surface area contributed by atoms with Crippen LogP contribution >= 0.6 is 22.9 Å². The third-order valence-electron chi connectivity index (χ3n) is 6.13. The standard InChI is InChI=1S/C21H23ClF3N7O5S2/c1-31-6-4-13-15(10-31)38-20(29-13)19(35)28-14-9-32(39(36,37)21(23,24)25)7-5-12(14)27-17(33)18(34)30-16-3-2-11(22)8-26-16/h2-3,8,12,14H,4-7,9-10H2,1H3,(H,27,33)(H,28,35)(H,26,30,34)/t12-,14+/m0/s1. The van der Waals surface area contributed by atoms with Gasteiger partial charge in [0.15, 0.2) is 5.01 Å². The van der Waals surface area contributed by atoms with E-state index in [0.717, 1.165) is 28.5 Å². The van der Waals surface area contributed by atoms with E-state index in [-0.39, 0.29) is 21.6 Å². The number of thiazole rings is 1. The summed E-state index contributed by atoms with van der Waals surface area (Å²) in [4.78, 5) is 49.0. The summed E-state index contributed by atoms with van der Waals surface area (Å²) in [5.74, 6) is -3.00. The van der Waals surface area contributed by atoms with Crippen molar-refractivity contribution >= 4 is 56.5 Å². The summed E-state index contributed by atoms with van der Waals surface area (Å²) in [5, 5.41) is 7.49. The zero-order valence-electron chi connectivity index (χ0n) is 20.3. The molecule has 4 heterocycles. The predicted octanol–water partition coefficient (Wildman–Crippen LogP) is 0.957. The number of fused-ring (bicyclic) bond motifs is 1. The van der Waals surface area contributed by atoms with Crippen molar-refractivity contribution < 1.29 is 36.0 Å². The number of piperidine rings is 1. The molecule has 0 aliphatic carbocycles. The van der Waals surface area contributed by atoms with Crippen LogP contribution in [0.25, 0.3) is 0 Å². The molecule has 0 aromatic carbocycles. The average Bonchev–Trinajstić information content (AvgIpc) is 3.29. The maximum absolute atomic E-state index is 13.2. The Labute approximate surface area is 230 Å². The molecule has 0 saturated carbocycles. The number of hydrogen-bond donors (Lipinski definition) is 3. The van der Waals surface area contributed by atoms with Gasteiger partial charge < -0.3 is 20.9 Å². The van der Waals surface area contributed by atoms with Crippen molar-refractivity contribution in [2.75, 3.05) is 32.0 Å². The largest absolute Gasteiger partial charge is 0.511 e. The summed E-state index contributed by atoms with van der Waals surface area (Å²) in [6, 6.07) is 0.421. The number of likely N-dealkylation sites (N-methyl/N-ethyl adjacent to an activating group) is 1. The van der Waals surface area contributed by atoms with Gasteiger partial charge in [-0.3, -0.25) is 14.4 Å². The Hall–Kier alpha value is -2.86. The normalized spacial score (nSPS) is 20.6. The van der Waals surface area contributed by atoms with E-state index in [1.807, 2.05) is 11.9 Å². The Bertz CT molecular complexity index is 1370. The van der Waals surface area contributed by atoms with Gasteiger partial charge in [0.05, 0.1) is 22.8 Å². The molecule has 0 unspecified atom stereocenters. The van der Waals surface area contributed by atoms with Gasteiger partial charge >= 0.3 is 27.3 Å². The number of pyridine rings is 1. The van der Waals surface area contributed by atoms with Gasteiger partial charge in [-0.25, -0.2) is 18.4 Å². The SMILES string of the molecule is CN1CCc2nc(C(=O)N[C@@H]3CN(S(=O)(=O)C(F)(F)F)CC[C@@H]3NC(=O)C(=O)Nc3ccc(Cl)cn3)sc2C1. The number of carbonyl (C=O) groups is 3. The minimum absolute atomic E-state index is 0.0221. The number of nitrogens with one attached hydrogen (secondary N) is 3. The quantitative estimate of drug-likeness (QED) is 0.424. The van der Waals surface area contributed by atoms with Gasteiger partial charge in [-0.05, 0) is 25.6 Å². The molecule has 18 heteroatoms. The first kappa shape index (κ1) is 29.1. The van der Waals surface area contributed by atoms with Crippen LogP contribution in [0.1, 0.15) is 26.8 Å². The monoisotopic (exact) mass is 609 g/mol. The third-order valence-corrected chi connectivity index (χ3v) is 9.03. The number of alkyl halides is 3. The van der Waals surface area contributed by atoms with Crippen LogP contribution in [0.5, 0.6) is 0 Å². The van der Waals surface area contributed by atoms with E-state index >= 15 is 0 Å². The molecular weight excluding hydrogens is 587 g/mol. The smallest absolute Gasteiger partial charge is 0.344 e. The summed E-state index contributed by atoms with van der Waals surface area (Å²) < 4.78 is 63.9. The molecule has 1 saturated heterocycles. The lowest BCUT2D eigenvalue weighted by Gasteiger charge is -2.38. The van der Waals surface area contributed by atoms with Gasteiger partial charge in [-0.1, -0.05) is 11.6 Å². The highest BCUT2D eigenvalue weighted by atomic mass is 35.5. The van der Waals surface area contributed by atoms with Gasteiger partial charge in [-0.2, -0.15) is 17.5 Å². The molecule has 2 aliphatic rings. The van der Waals surface area contributed by atoms with Crippen molar-refractivity contribution in [2.45, 2.75) is 37.0 Å². The molecule has 2 aliphatic heterocycles. The minimum atomic E-state index is -5.70. The van der Waals surface area contributed by atoms with Crippen LogP contribution in [0.4, 0.5) is 19.0 Å². The molecule has 212 valence electrons. The third kappa shape index (κ3) is 6.66. The zero-order valence-corrected chi connectivity index (χ0v) is 22.7. The summed E-state index contributed by atoms with van der Waals surface area (Å²) in [6.45, 7) is -0.0614. The Morgan fingerprint density at radius 1 is 1.13 bits per heavy atom. The van der Waals surface area contributed by atoms with Crippen molar-refractivity contribution in [1.29, 1.82) is 0 Å². The number of rotatable bonds is 5. The van der Waals surface area contributed by atoms with E-state index in [1.54, 1.807) is 0 Å². The number of hydrogen-bond acceptors (Lipinski definition) is 9. The van der Waals surface area contributed by atoms with Crippen molar-refractivity contribution in [2.24, 2.45) is 0 Å². The highest BCUT2D eigenvalue weighted by Gasteiger charge is 2.52. The second-order valence-electron chi connectivity index (χ2n) is 8.95. The van der Waals surface area contributed by atoms with Crippen LogP contribution in [0.2, 0.25) is 5.02 Å². The zero-order chi connectivity index (χ0) is 28.5. The number of nitrogens with zero attached hydrogens (tertiary/aromatic N) is 4. The second-order valence-corrected chi connectivity index (χ2v) is 12.4. The lowest BCUT2D eigenvalue weighted by Crippen LogP contribution is -2.63. The molecule has 12 nitrogen and oxygen atoms in total. The maximum Gasteiger partial charge on any atom is 0.511 e. The van der Waals surface area contributed by atoms with E-state index in [1.165, 1.54) is 18.3 Å². The molecule has 2 aromatic rings. The molecular formula is C21H23ClF3N7O5S2. The van der Waals surface area contributed by atoms with Crippen LogP contribution in [-0.4, -0.2) is 89.6 Å². The highest BCUT2D eigenvalue weighted by Crippen LogP contribution is 2.30. The molecule has 39 heavy (non-hydrogen) atoms. The topological polar surface area (TPSA) is 154 Å². The maximum atomic E-state index is 13.2. The number of halogens is 4. The van der Waals surface area contributed by atoms with E-state index in [2.05, 4.69) is 25.9 Å². The fourth-order valence-electron chi connectivity index (χ4n) is 4.11. The van der Waals surface area contributed by atoms with E-state index in [0.29, 0.717) is 18.0 Å². The molecule has 2 aromatic heterocycles. The summed E-state index contributed by atoms with van der Waals surface area (Å²) in [6.07, 6.45) is 1.55. The first-order valence-corrected chi connectivity index (χ1v) is 14.2. The van der Waals surface area contributed by atoms with Crippen LogP contribution in [-0.2, 0) is 32.6 Å². The van der Waals surface area contributed by atoms with Crippen molar-refractivity contribution in [3.05, 3.63) is 38.9 Å². The molecule has 1 fully saturated rings. The first-order chi connectivity index (χ1) is 18.2. The van der Waals surface area contributed by atoms with E-state index in [4.69, 9.17) is 11.6 Å². The Kier molecular flexibility index (Phi) is 8.46. The fourth-order valence-corrected chi connectivity index (χ4v) is 6.31. The predicted molar refractivity (Wildman–Crippen MR) is 134 cm³/mol. The van der Waals surface area contributed by atoms with Crippen molar-refractivity contribution in [3.8, 4) is 0 Å². The van der Waals surface area contributed by atoms with Gasteiger partial charge in [0, 0.05) is 43.7 Å². The Balaban J connectivity index is 1.50. The van der Waals surface area contributed by atoms with E-state index in [9.17, 15) is 36.0 Å². The van der Waals surface area contributed by atoms with Crippen molar-refractivity contribution in [1.82, 2.24) is 29.8 Å². The minimum Gasteiger partial charge on any atom is -0.344 e. The number of anilines is 1. The van der Waals surface area contributed by atoms with Gasteiger partial charge in [0.25, 0.3) is 5.91 Å². The van der Waals surface area contributed by atoms with Crippen LogP contribution < -0.4 is 16.0 Å². The summed E-state index contributed by atoms with van der Waals surface area (Å²) in [5.41, 5.74) is -4.81. The lowest BCUT2D eigenvalue weighted by molar-refractivity contribution is -0.136. The Morgan fingerprint density at radius 2 is 1.87 bits per heavy atom. The van der Waals surface area contributed by atoms with E-state index < -0.39 is 58.4 Å². The highest BCUT2D eigenvalue weighted by molar-refractivity contribution is 7.90.